The Hall–Kier alpha value is -1.62. The van der Waals surface area contributed by atoms with Crippen molar-refractivity contribution in [2.75, 3.05) is 11.9 Å². The molecular formula is C16H24N2O2S. The van der Waals surface area contributed by atoms with Crippen LogP contribution in [0.25, 0.3) is 0 Å². The molecule has 0 amide bonds. The Kier molecular flexibility index (Phi) is 7.15. The van der Waals surface area contributed by atoms with Crippen molar-refractivity contribution in [1.82, 2.24) is 5.32 Å². The quantitative estimate of drug-likeness (QED) is 0.620. The predicted molar refractivity (Wildman–Crippen MR) is 90.9 cm³/mol. The first kappa shape index (κ1) is 17.4. The fraction of sp³-hybridized carbons (Fsp3) is 0.500. The standard InChI is InChI=1S/C16H24N2O2S/c1-5-7-12(4)17-16(21)18-14-10-13(9-8-11(14)3)15(19)20-6-2/h8-10,12H,5-7H2,1-4H3,(H2,17,18,21)/t12-/m1/s1. The Morgan fingerprint density at radius 2 is 2.10 bits per heavy atom. The topological polar surface area (TPSA) is 50.4 Å². The maximum Gasteiger partial charge on any atom is 0.338 e. The Bertz CT molecular complexity index is 503. The van der Waals surface area contributed by atoms with Gasteiger partial charge in [-0.15, -0.1) is 0 Å². The van der Waals surface area contributed by atoms with E-state index in [9.17, 15) is 4.79 Å². The number of hydrogen-bond acceptors (Lipinski definition) is 3. The Morgan fingerprint density at radius 1 is 1.38 bits per heavy atom. The Labute approximate surface area is 132 Å². The molecular weight excluding hydrogens is 284 g/mol. The van der Waals surface area contributed by atoms with Crippen molar-refractivity contribution in [2.24, 2.45) is 0 Å². The molecule has 4 nitrogen and oxygen atoms in total. The molecule has 0 saturated carbocycles. The smallest absolute Gasteiger partial charge is 0.338 e. The van der Waals surface area contributed by atoms with Crippen LogP contribution < -0.4 is 10.6 Å². The van der Waals surface area contributed by atoms with Gasteiger partial charge >= 0.3 is 5.97 Å². The van der Waals surface area contributed by atoms with Crippen LogP contribution in [0, 0.1) is 6.92 Å². The molecule has 0 heterocycles. The second kappa shape index (κ2) is 8.62. The highest BCUT2D eigenvalue weighted by molar-refractivity contribution is 7.80. The van der Waals surface area contributed by atoms with E-state index in [0.717, 1.165) is 24.1 Å². The van der Waals surface area contributed by atoms with Gasteiger partial charge in [0, 0.05) is 11.7 Å². The van der Waals surface area contributed by atoms with Crippen LogP contribution in [0.2, 0.25) is 0 Å². The predicted octanol–water partition coefficient (Wildman–Crippen LogP) is 3.65. The number of hydrogen-bond donors (Lipinski definition) is 2. The molecule has 5 heteroatoms. The van der Waals surface area contributed by atoms with Crippen molar-refractivity contribution in [3.63, 3.8) is 0 Å². The zero-order chi connectivity index (χ0) is 15.8. The van der Waals surface area contributed by atoms with Crippen LogP contribution in [-0.4, -0.2) is 23.7 Å². The first-order chi connectivity index (χ1) is 9.97. The SMILES string of the molecule is CCC[C@@H](C)NC(=S)Nc1cc(C(=O)OCC)ccc1C. The number of benzene rings is 1. The van der Waals surface area contributed by atoms with Gasteiger partial charge in [-0.3, -0.25) is 0 Å². The van der Waals surface area contributed by atoms with Gasteiger partial charge in [-0.1, -0.05) is 19.4 Å². The van der Waals surface area contributed by atoms with E-state index in [0.29, 0.717) is 23.3 Å². The number of esters is 1. The normalized spacial score (nSPS) is 11.6. The molecule has 1 aromatic carbocycles. The van der Waals surface area contributed by atoms with Crippen LogP contribution in [0.1, 0.15) is 49.5 Å². The second-order valence-corrected chi connectivity index (χ2v) is 5.45. The fourth-order valence-electron chi connectivity index (χ4n) is 1.99. The number of thiocarbonyl (C=S) groups is 1. The molecule has 0 aliphatic carbocycles. The zero-order valence-electron chi connectivity index (χ0n) is 13.2. The first-order valence-electron chi connectivity index (χ1n) is 7.33. The average Bonchev–Trinajstić information content (AvgIpc) is 2.41. The van der Waals surface area contributed by atoms with Gasteiger partial charge in [0.05, 0.1) is 12.2 Å². The maximum atomic E-state index is 11.8. The lowest BCUT2D eigenvalue weighted by Gasteiger charge is -2.17. The number of ether oxygens (including phenoxy) is 1. The van der Waals surface area contributed by atoms with E-state index in [1.54, 1.807) is 19.1 Å². The third kappa shape index (κ3) is 5.71. The summed E-state index contributed by atoms with van der Waals surface area (Å²) in [5.74, 6) is -0.321. The summed E-state index contributed by atoms with van der Waals surface area (Å²) in [7, 11) is 0. The van der Waals surface area contributed by atoms with E-state index in [1.807, 2.05) is 13.0 Å². The maximum absolute atomic E-state index is 11.8. The summed E-state index contributed by atoms with van der Waals surface area (Å²) < 4.78 is 5.01. The molecule has 116 valence electrons. The molecule has 0 radical (unpaired) electrons. The van der Waals surface area contributed by atoms with Crippen LogP contribution in [0.4, 0.5) is 5.69 Å². The van der Waals surface area contributed by atoms with Crippen LogP contribution in [-0.2, 0) is 4.74 Å². The largest absolute Gasteiger partial charge is 0.462 e. The third-order valence-corrected chi connectivity index (χ3v) is 3.32. The molecule has 1 aromatic rings. The molecule has 2 N–H and O–H groups in total. The minimum atomic E-state index is -0.321. The lowest BCUT2D eigenvalue weighted by atomic mass is 10.1. The number of carbonyl (C=O) groups excluding carboxylic acids is 1. The first-order valence-corrected chi connectivity index (χ1v) is 7.74. The summed E-state index contributed by atoms with van der Waals surface area (Å²) in [5, 5.41) is 6.95. The van der Waals surface area contributed by atoms with Gasteiger partial charge in [-0.2, -0.15) is 0 Å². The summed E-state index contributed by atoms with van der Waals surface area (Å²) in [4.78, 5) is 11.8. The van der Waals surface area contributed by atoms with Crippen molar-refractivity contribution in [3.8, 4) is 0 Å². The van der Waals surface area contributed by atoms with E-state index in [2.05, 4.69) is 24.5 Å². The van der Waals surface area contributed by atoms with Gasteiger partial charge in [0.15, 0.2) is 5.11 Å². The van der Waals surface area contributed by atoms with Gasteiger partial charge in [-0.25, -0.2) is 4.79 Å². The summed E-state index contributed by atoms with van der Waals surface area (Å²) in [5.41, 5.74) is 2.37. The highest BCUT2D eigenvalue weighted by Crippen LogP contribution is 2.17. The number of rotatable bonds is 6. The zero-order valence-corrected chi connectivity index (χ0v) is 14.0. The highest BCUT2D eigenvalue weighted by atomic mass is 32.1. The van der Waals surface area contributed by atoms with Crippen molar-refractivity contribution >= 4 is 29.0 Å². The second-order valence-electron chi connectivity index (χ2n) is 5.04. The van der Waals surface area contributed by atoms with E-state index >= 15 is 0 Å². The molecule has 0 aromatic heterocycles. The van der Waals surface area contributed by atoms with Crippen molar-refractivity contribution < 1.29 is 9.53 Å². The molecule has 1 atom stereocenters. The number of carbonyl (C=O) groups is 1. The van der Waals surface area contributed by atoms with Gasteiger partial charge in [0.2, 0.25) is 0 Å². The molecule has 0 unspecified atom stereocenters. The van der Waals surface area contributed by atoms with Gasteiger partial charge in [0.25, 0.3) is 0 Å². The molecule has 0 aliphatic heterocycles. The number of aryl methyl sites for hydroxylation is 1. The van der Waals surface area contributed by atoms with E-state index in [4.69, 9.17) is 17.0 Å². The molecule has 0 aliphatic rings. The van der Waals surface area contributed by atoms with E-state index in [1.165, 1.54) is 0 Å². The minimum absolute atomic E-state index is 0.321. The molecule has 0 fully saturated rings. The van der Waals surface area contributed by atoms with Crippen LogP contribution >= 0.6 is 12.2 Å². The third-order valence-electron chi connectivity index (χ3n) is 3.10. The van der Waals surface area contributed by atoms with Crippen molar-refractivity contribution in [2.45, 2.75) is 46.6 Å². The Balaban J connectivity index is 2.75. The summed E-state index contributed by atoms with van der Waals surface area (Å²) in [6.07, 6.45) is 2.16. The van der Waals surface area contributed by atoms with Crippen molar-refractivity contribution in [1.29, 1.82) is 0 Å². The molecule has 0 spiro atoms. The van der Waals surface area contributed by atoms with Crippen molar-refractivity contribution in [3.05, 3.63) is 29.3 Å². The lowest BCUT2D eigenvalue weighted by Crippen LogP contribution is -2.35. The molecule has 1 rings (SSSR count). The van der Waals surface area contributed by atoms with Gasteiger partial charge < -0.3 is 15.4 Å². The van der Waals surface area contributed by atoms with E-state index < -0.39 is 0 Å². The lowest BCUT2D eigenvalue weighted by molar-refractivity contribution is 0.0526. The van der Waals surface area contributed by atoms with Crippen LogP contribution in [0.3, 0.4) is 0 Å². The van der Waals surface area contributed by atoms with E-state index in [-0.39, 0.29) is 5.97 Å². The van der Waals surface area contributed by atoms with Crippen LogP contribution in [0.5, 0.6) is 0 Å². The average molecular weight is 308 g/mol. The number of nitrogens with one attached hydrogen (secondary N) is 2. The molecule has 0 saturated heterocycles. The summed E-state index contributed by atoms with van der Waals surface area (Å²) in [6, 6.07) is 5.73. The Morgan fingerprint density at radius 3 is 2.71 bits per heavy atom. The van der Waals surface area contributed by atoms with Gasteiger partial charge in [0.1, 0.15) is 0 Å². The monoisotopic (exact) mass is 308 g/mol. The molecule has 0 bridgehead atoms. The fourth-order valence-corrected chi connectivity index (χ4v) is 2.30. The highest BCUT2D eigenvalue weighted by Gasteiger charge is 2.10. The summed E-state index contributed by atoms with van der Waals surface area (Å²) in [6.45, 7) is 8.36. The number of anilines is 1. The molecule has 21 heavy (non-hydrogen) atoms. The summed E-state index contributed by atoms with van der Waals surface area (Å²) >= 11 is 5.31. The van der Waals surface area contributed by atoms with Gasteiger partial charge in [-0.05, 0) is 57.1 Å². The van der Waals surface area contributed by atoms with Crippen LogP contribution in [0.15, 0.2) is 18.2 Å². The minimum Gasteiger partial charge on any atom is -0.462 e.